The van der Waals surface area contributed by atoms with Gasteiger partial charge in [0.15, 0.2) is 0 Å². The van der Waals surface area contributed by atoms with Crippen LogP contribution in [0.2, 0.25) is 0 Å². The molecule has 0 aliphatic carbocycles. The highest BCUT2D eigenvalue weighted by Gasteiger charge is 2.02. The summed E-state index contributed by atoms with van der Waals surface area (Å²) in [5.74, 6) is 0.447. The standard InChI is InChI=1S/C9H12N2O2/c1-6-3-4-7(5-8(6)10)13-9(12)11-2/h3-5H,10H2,1-2H3,(H,11,12). The summed E-state index contributed by atoms with van der Waals surface area (Å²) < 4.78 is 4.87. The zero-order valence-corrected chi connectivity index (χ0v) is 7.63. The Morgan fingerprint density at radius 2 is 2.23 bits per heavy atom. The van der Waals surface area contributed by atoms with Crippen LogP contribution in [0.1, 0.15) is 5.56 Å². The number of amides is 1. The van der Waals surface area contributed by atoms with Gasteiger partial charge in [0.2, 0.25) is 0 Å². The average Bonchev–Trinajstić information content (AvgIpc) is 2.11. The molecule has 3 N–H and O–H groups in total. The molecule has 4 nitrogen and oxygen atoms in total. The number of rotatable bonds is 1. The number of hydrogen-bond donors (Lipinski definition) is 2. The van der Waals surface area contributed by atoms with Crippen LogP contribution in [0.15, 0.2) is 18.2 Å². The van der Waals surface area contributed by atoms with Crippen LogP contribution in [0, 0.1) is 6.92 Å². The smallest absolute Gasteiger partial charge is 0.410 e. The van der Waals surface area contributed by atoms with Gasteiger partial charge in [0.25, 0.3) is 0 Å². The third-order valence-electron chi connectivity index (χ3n) is 1.67. The summed E-state index contributed by atoms with van der Waals surface area (Å²) in [5.41, 5.74) is 7.20. The number of hydrogen-bond acceptors (Lipinski definition) is 3. The molecule has 1 rings (SSSR count). The lowest BCUT2D eigenvalue weighted by Crippen LogP contribution is -2.22. The number of anilines is 1. The fourth-order valence-corrected chi connectivity index (χ4v) is 0.840. The molecule has 4 heteroatoms. The second kappa shape index (κ2) is 3.80. The number of ether oxygens (including phenoxy) is 1. The van der Waals surface area contributed by atoms with Crippen molar-refractivity contribution in [1.82, 2.24) is 5.32 Å². The molecule has 0 atom stereocenters. The zero-order valence-electron chi connectivity index (χ0n) is 7.63. The maximum atomic E-state index is 10.8. The predicted octanol–water partition coefficient (Wildman–Crippen LogP) is 1.30. The minimum absolute atomic E-state index is 0.447. The summed E-state index contributed by atoms with van der Waals surface area (Å²) in [4.78, 5) is 10.8. The fourth-order valence-electron chi connectivity index (χ4n) is 0.840. The normalized spacial score (nSPS) is 9.38. The SMILES string of the molecule is CNC(=O)Oc1ccc(C)c(N)c1. The van der Waals surface area contributed by atoms with E-state index in [1.165, 1.54) is 7.05 Å². The van der Waals surface area contributed by atoms with Crippen LogP contribution >= 0.6 is 0 Å². The van der Waals surface area contributed by atoms with Crippen LogP contribution in [-0.4, -0.2) is 13.1 Å². The number of carbonyl (C=O) groups excluding carboxylic acids is 1. The van der Waals surface area contributed by atoms with Crippen molar-refractivity contribution in [1.29, 1.82) is 0 Å². The second-order valence-electron chi connectivity index (χ2n) is 2.66. The first-order chi connectivity index (χ1) is 6.13. The summed E-state index contributed by atoms with van der Waals surface area (Å²) in [6, 6.07) is 5.11. The summed E-state index contributed by atoms with van der Waals surface area (Å²) in [7, 11) is 1.50. The van der Waals surface area contributed by atoms with Gasteiger partial charge in [-0.25, -0.2) is 4.79 Å². The predicted molar refractivity (Wildman–Crippen MR) is 50.7 cm³/mol. The molecule has 0 fully saturated rings. The Hall–Kier alpha value is -1.71. The number of carbonyl (C=O) groups is 1. The summed E-state index contributed by atoms with van der Waals surface area (Å²) in [6.07, 6.45) is -0.497. The van der Waals surface area contributed by atoms with Crippen molar-refractivity contribution in [3.05, 3.63) is 23.8 Å². The van der Waals surface area contributed by atoms with E-state index in [9.17, 15) is 4.79 Å². The third-order valence-corrected chi connectivity index (χ3v) is 1.67. The molecule has 0 bridgehead atoms. The Balaban J connectivity index is 2.79. The van der Waals surface area contributed by atoms with Crippen LogP contribution in [0.4, 0.5) is 10.5 Å². The van der Waals surface area contributed by atoms with Gasteiger partial charge in [0.05, 0.1) is 0 Å². The average molecular weight is 180 g/mol. The topological polar surface area (TPSA) is 64.3 Å². The molecule has 0 unspecified atom stereocenters. The van der Waals surface area contributed by atoms with Crippen LogP contribution in [0.3, 0.4) is 0 Å². The van der Waals surface area contributed by atoms with Crippen LogP contribution < -0.4 is 15.8 Å². The first kappa shape index (κ1) is 9.38. The summed E-state index contributed by atoms with van der Waals surface area (Å²) in [5, 5.41) is 2.35. The number of benzene rings is 1. The lowest BCUT2D eigenvalue weighted by atomic mass is 10.2. The highest BCUT2D eigenvalue weighted by Crippen LogP contribution is 2.18. The van der Waals surface area contributed by atoms with Gasteiger partial charge < -0.3 is 15.8 Å². The monoisotopic (exact) mass is 180 g/mol. The minimum Gasteiger partial charge on any atom is -0.410 e. The van der Waals surface area contributed by atoms with Gasteiger partial charge in [-0.3, -0.25) is 0 Å². The maximum absolute atomic E-state index is 10.8. The van der Waals surface area contributed by atoms with Crippen LogP contribution in [0.5, 0.6) is 5.75 Å². The van der Waals surface area contributed by atoms with E-state index in [1.807, 2.05) is 6.92 Å². The zero-order chi connectivity index (χ0) is 9.84. The number of aryl methyl sites for hydroxylation is 1. The second-order valence-corrected chi connectivity index (χ2v) is 2.66. The molecule has 0 saturated carbocycles. The van der Waals surface area contributed by atoms with Gasteiger partial charge in [-0.2, -0.15) is 0 Å². The molecular formula is C9H12N2O2. The molecule has 0 aromatic heterocycles. The van der Waals surface area contributed by atoms with Gasteiger partial charge in [-0.1, -0.05) is 6.07 Å². The molecule has 1 aromatic carbocycles. The first-order valence-electron chi connectivity index (χ1n) is 3.89. The summed E-state index contributed by atoms with van der Waals surface area (Å²) >= 11 is 0. The van der Waals surface area contributed by atoms with Crippen LogP contribution in [0.25, 0.3) is 0 Å². The van der Waals surface area contributed by atoms with Gasteiger partial charge in [0.1, 0.15) is 5.75 Å². The number of nitrogen functional groups attached to an aromatic ring is 1. The van der Waals surface area contributed by atoms with Crippen molar-refractivity contribution < 1.29 is 9.53 Å². The fraction of sp³-hybridized carbons (Fsp3) is 0.222. The molecule has 0 aliphatic rings. The van der Waals surface area contributed by atoms with Crippen molar-refractivity contribution in [2.75, 3.05) is 12.8 Å². The number of nitrogens with one attached hydrogen (secondary N) is 1. The Labute approximate surface area is 76.7 Å². The molecule has 70 valence electrons. The molecule has 0 heterocycles. The maximum Gasteiger partial charge on any atom is 0.412 e. The van der Waals surface area contributed by atoms with Crippen molar-refractivity contribution in [2.24, 2.45) is 0 Å². The highest BCUT2D eigenvalue weighted by atomic mass is 16.5. The summed E-state index contributed by atoms with van der Waals surface area (Å²) in [6.45, 7) is 1.89. The van der Waals surface area contributed by atoms with E-state index in [0.29, 0.717) is 11.4 Å². The first-order valence-corrected chi connectivity index (χ1v) is 3.89. The Kier molecular flexibility index (Phi) is 2.74. The van der Waals surface area contributed by atoms with Gasteiger partial charge in [-0.05, 0) is 18.6 Å². The van der Waals surface area contributed by atoms with E-state index in [-0.39, 0.29) is 0 Å². The molecule has 1 amide bonds. The molecule has 0 saturated heterocycles. The highest BCUT2D eigenvalue weighted by molar-refractivity contribution is 5.70. The van der Waals surface area contributed by atoms with Gasteiger partial charge >= 0.3 is 6.09 Å². The van der Waals surface area contributed by atoms with E-state index < -0.39 is 6.09 Å². The van der Waals surface area contributed by atoms with E-state index in [2.05, 4.69) is 5.32 Å². The van der Waals surface area contributed by atoms with Crippen molar-refractivity contribution in [2.45, 2.75) is 6.92 Å². The van der Waals surface area contributed by atoms with Gasteiger partial charge in [-0.15, -0.1) is 0 Å². The molecule has 0 radical (unpaired) electrons. The Bertz CT molecular complexity index is 323. The van der Waals surface area contributed by atoms with Crippen molar-refractivity contribution >= 4 is 11.8 Å². The van der Waals surface area contributed by atoms with E-state index in [4.69, 9.17) is 10.5 Å². The molecule has 0 spiro atoms. The molecule has 0 aliphatic heterocycles. The van der Waals surface area contributed by atoms with Crippen molar-refractivity contribution in [3.8, 4) is 5.75 Å². The quantitative estimate of drug-likeness (QED) is 0.640. The van der Waals surface area contributed by atoms with Gasteiger partial charge in [0, 0.05) is 18.8 Å². The van der Waals surface area contributed by atoms with Crippen molar-refractivity contribution in [3.63, 3.8) is 0 Å². The molecule has 1 aromatic rings. The van der Waals surface area contributed by atoms with Crippen LogP contribution in [-0.2, 0) is 0 Å². The lowest BCUT2D eigenvalue weighted by Gasteiger charge is -2.05. The third kappa shape index (κ3) is 2.37. The number of nitrogens with two attached hydrogens (primary N) is 1. The van der Waals surface area contributed by atoms with E-state index in [1.54, 1.807) is 18.2 Å². The van der Waals surface area contributed by atoms with E-state index >= 15 is 0 Å². The molecule has 13 heavy (non-hydrogen) atoms. The molecular weight excluding hydrogens is 168 g/mol. The Morgan fingerprint density at radius 3 is 2.77 bits per heavy atom. The Morgan fingerprint density at radius 1 is 1.54 bits per heavy atom. The lowest BCUT2D eigenvalue weighted by molar-refractivity contribution is 0.203. The van der Waals surface area contributed by atoms with E-state index in [0.717, 1.165) is 5.56 Å². The largest absolute Gasteiger partial charge is 0.412 e. The minimum atomic E-state index is -0.497.